The maximum atomic E-state index is 12.4. The van der Waals surface area contributed by atoms with Gasteiger partial charge >= 0.3 is 5.97 Å². The highest BCUT2D eigenvalue weighted by Gasteiger charge is 2.37. The monoisotopic (exact) mass is 415 g/mol. The molecule has 3 heterocycles. The SMILES string of the molecule is COCCOCc1cc2c(cc1OC)-c1cc(=O)c(C(=O)O)cn1[C@H]1CCOC[C@H]21. The quantitative estimate of drug-likeness (QED) is 0.694. The highest BCUT2D eigenvalue weighted by atomic mass is 16.5. The number of fused-ring (bicyclic) bond motifs is 6. The number of carboxylic acids is 1. The number of ether oxygens (including phenoxy) is 4. The predicted molar refractivity (Wildman–Crippen MR) is 108 cm³/mol. The molecule has 160 valence electrons. The Morgan fingerprint density at radius 3 is 2.83 bits per heavy atom. The number of pyridine rings is 1. The van der Waals surface area contributed by atoms with Gasteiger partial charge in [0.25, 0.3) is 0 Å². The van der Waals surface area contributed by atoms with Crippen LogP contribution in [0.1, 0.15) is 39.9 Å². The van der Waals surface area contributed by atoms with Gasteiger partial charge in [-0.25, -0.2) is 4.79 Å². The Morgan fingerprint density at radius 2 is 2.10 bits per heavy atom. The Kier molecular flexibility index (Phi) is 5.90. The zero-order chi connectivity index (χ0) is 21.3. The van der Waals surface area contributed by atoms with Gasteiger partial charge in [0, 0.05) is 49.1 Å². The average molecular weight is 415 g/mol. The molecule has 0 spiro atoms. The number of hydrogen-bond donors (Lipinski definition) is 1. The smallest absolute Gasteiger partial charge is 0.341 e. The van der Waals surface area contributed by atoms with Crippen molar-refractivity contribution in [3.8, 4) is 17.0 Å². The average Bonchev–Trinajstić information content (AvgIpc) is 2.75. The summed E-state index contributed by atoms with van der Waals surface area (Å²) in [7, 11) is 3.22. The highest BCUT2D eigenvalue weighted by Crippen LogP contribution is 2.47. The van der Waals surface area contributed by atoms with Gasteiger partial charge in [0.1, 0.15) is 11.3 Å². The van der Waals surface area contributed by atoms with Crippen LogP contribution in [-0.2, 0) is 20.8 Å². The molecule has 2 aliphatic rings. The minimum absolute atomic E-state index is 0.0237. The summed E-state index contributed by atoms with van der Waals surface area (Å²) in [6, 6.07) is 5.41. The van der Waals surface area contributed by atoms with Crippen LogP contribution in [-0.4, -0.2) is 56.3 Å². The molecule has 2 aromatic rings. The number of nitrogens with zero attached hydrogens (tertiary/aromatic N) is 1. The molecule has 1 saturated heterocycles. The molecule has 8 nitrogen and oxygen atoms in total. The Labute approximate surface area is 173 Å². The van der Waals surface area contributed by atoms with E-state index in [2.05, 4.69) is 6.07 Å². The molecule has 0 saturated carbocycles. The number of carbonyl (C=O) groups is 1. The van der Waals surface area contributed by atoms with E-state index < -0.39 is 11.4 Å². The third-order valence-electron chi connectivity index (χ3n) is 5.80. The van der Waals surface area contributed by atoms with Crippen LogP contribution in [0.5, 0.6) is 5.75 Å². The van der Waals surface area contributed by atoms with Crippen molar-refractivity contribution in [3.63, 3.8) is 0 Å². The Hall–Kier alpha value is -2.68. The molecule has 1 fully saturated rings. The molecule has 0 aliphatic carbocycles. The zero-order valence-electron chi connectivity index (χ0n) is 17.1. The molecule has 1 aromatic heterocycles. The summed E-state index contributed by atoms with van der Waals surface area (Å²) in [5, 5.41) is 9.42. The van der Waals surface area contributed by atoms with Crippen molar-refractivity contribution in [3.05, 3.63) is 51.3 Å². The standard InChI is InChI=1S/C22H25NO7/c1-27-5-6-30-11-13-7-14-15(8-21(13)28-2)19-9-20(24)16(22(25)26)10-23(19)18-3-4-29-12-17(14)18/h7-10,17-18H,3-6,11-12H2,1-2H3,(H,25,26)/t17-,18+/m1/s1. The molecule has 0 bridgehead atoms. The maximum Gasteiger partial charge on any atom is 0.341 e. The number of carboxylic acid groups (broad SMARTS) is 1. The van der Waals surface area contributed by atoms with E-state index in [1.807, 2.05) is 10.6 Å². The van der Waals surface area contributed by atoms with Crippen molar-refractivity contribution in [1.82, 2.24) is 4.57 Å². The Balaban J connectivity index is 1.84. The molecular weight excluding hydrogens is 390 g/mol. The summed E-state index contributed by atoms with van der Waals surface area (Å²) < 4.78 is 24.0. The van der Waals surface area contributed by atoms with Gasteiger partial charge in [0.15, 0.2) is 5.43 Å². The van der Waals surface area contributed by atoms with Gasteiger partial charge in [-0.3, -0.25) is 4.79 Å². The summed E-state index contributed by atoms with van der Waals surface area (Å²) in [4.78, 5) is 24.0. The first-order valence-corrected chi connectivity index (χ1v) is 9.90. The fraction of sp³-hybridized carbons (Fsp3) is 0.455. The second-order valence-corrected chi connectivity index (χ2v) is 7.48. The third-order valence-corrected chi connectivity index (χ3v) is 5.80. The maximum absolute atomic E-state index is 12.4. The number of rotatable bonds is 7. The molecule has 2 aliphatic heterocycles. The first-order valence-electron chi connectivity index (χ1n) is 9.90. The van der Waals surface area contributed by atoms with Crippen LogP contribution in [0.3, 0.4) is 0 Å². The molecule has 1 aromatic carbocycles. The van der Waals surface area contributed by atoms with Crippen LogP contribution in [0.15, 0.2) is 29.2 Å². The van der Waals surface area contributed by atoms with Crippen LogP contribution in [0.2, 0.25) is 0 Å². The summed E-state index contributed by atoms with van der Waals surface area (Å²) in [5.41, 5.74) is 2.81. The van der Waals surface area contributed by atoms with Crippen molar-refractivity contribution in [1.29, 1.82) is 0 Å². The van der Waals surface area contributed by atoms with Gasteiger partial charge in [-0.15, -0.1) is 0 Å². The van der Waals surface area contributed by atoms with E-state index >= 15 is 0 Å². The number of benzene rings is 1. The lowest BCUT2D eigenvalue weighted by Gasteiger charge is -2.40. The van der Waals surface area contributed by atoms with Crippen LogP contribution in [0, 0.1) is 0 Å². The van der Waals surface area contributed by atoms with Crippen LogP contribution in [0.4, 0.5) is 0 Å². The molecule has 2 atom stereocenters. The van der Waals surface area contributed by atoms with Gasteiger partial charge < -0.3 is 28.6 Å². The van der Waals surface area contributed by atoms with Gasteiger partial charge in [0.05, 0.1) is 39.2 Å². The minimum Gasteiger partial charge on any atom is -0.496 e. The molecule has 30 heavy (non-hydrogen) atoms. The molecule has 4 rings (SSSR count). The Morgan fingerprint density at radius 1 is 1.27 bits per heavy atom. The van der Waals surface area contributed by atoms with E-state index in [-0.39, 0.29) is 17.5 Å². The largest absolute Gasteiger partial charge is 0.496 e. The lowest BCUT2D eigenvalue weighted by molar-refractivity contribution is 0.0484. The van der Waals surface area contributed by atoms with Crippen LogP contribution < -0.4 is 10.2 Å². The number of hydrogen-bond acceptors (Lipinski definition) is 6. The van der Waals surface area contributed by atoms with Crippen molar-refractivity contribution in [2.45, 2.75) is 25.0 Å². The van der Waals surface area contributed by atoms with E-state index in [4.69, 9.17) is 18.9 Å². The van der Waals surface area contributed by atoms with Gasteiger partial charge in [-0.2, -0.15) is 0 Å². The molecular formula is C22H25NO7. The number of aromatic carboxylic acids is 1. The van der Waals surface area contributed by atoms with Crippen LogP contribution in [0.25, 0.3) is 11.3 Å². The van der Waals surface area contributed by atoms with Crippen molar-refractivity contribution >= 4 is 5.97 Å². The van der Waals surface area contributed by atoms with Crippen LogP contribution >= 0.6 is 0 Å². The lowest BCUT2D eigenvalue weighted by atomic mass is 9.80. The second kappa shape index (κ2) is 8.59. The minimum atomic E-state index is -1.22. The Bertz CT molecular complexity index is 1010. The zero-order valence-corrected chi connectivity index (χ0v) is 17.1. The summed E-state index contributed by atoms with van der Waals surface area (Å²) in [6.45, 7) is 2.48. The third kappa shape index (κ3) is 3.62. The van der Waals surface area contributed by atoms with Gasteiger partial charge in [-0.05, 0) is 24.1 Å². The fourth-order valence-corrected chi connectivity index (χ4v) is 4.36. The predicted octanol–water partition coefficient (Wildman–Crippen LogP) is 2.44. The fourth-order valence-electron chi connectivity index (χ4n) is 4.36. The van der Waals surface area contributed by atoms with Gasteiger partial charge in [0.2, 0.25) is 0 Å². The molecule has 1 N–H and O–H groups in total. The van der Waals surface area contributed by atoms with Crippen molar-refractivity contribution in [2.24, 2.45) is 0 Å². The molecule has 0 amide bonds. The summed E-state index contributed by atoms with van der Waals surface area (Å²) in [5.74, 6) is -0.512. The first-order chi connectivity index (χ1) is 14.5. The number of methoxy groups -OCH3 is 2. The summed E-state index contributed by atoms with van der Waals surface area (Å²) in [6.07, 6.45) is 2.21. The van der Waals surface area contributed by atoms with Gasteiger partial charge in [-0.1, -0.05) is 0 Å². The second-order valence-electron chi connectivity index (χ2n) is 7.48. The van der Waals surface area contributed by atoms with Crippen molar-refractivity contribution in [2.75, 3.05) is 40.6 Å². The van der Waals surface area contributed by atoms with E-state index in [0.717, 1.165) is 23.1 Å². The molecule has 0 unspecified atom stereocenters. The highest BCUT2D eigenvalue weighted by molar-refractivity contribution is 5.88. The van der Waals surface area contributed by atoms with Crippen molar-refractivity contribution < 1.29 is 28.8 Å². The molecule has 8 heteroatoms. The van der Waals surface area contributed by atoms with E-state index in [9.17, 15) is 14.7 Å². The lowest BCUT2D eigenvalue weighted by Crippen LogP contribution is -2.34. The first kappa shape index (κ1) is 20.6. The van der Waals surface area contributed by atoms with E-state index in [0.29, 0.717) is 44.5 Å². The summed E-state index contributed by atoms with van der Waals surface area (Å²) >= 11 is 0. The normalized spacial score (nSPS) is 19.5. The molecule has 0 radical (unpaired) electrons. The number of aromatic nitrogens is 1. The van der Waals surface area contributed by atoms with E-state index in [1.165, 1.54) is 12.3 Å². The topological polar surface area (TPSA) is 96.2 Å². The van der Waals surface area contributed by atoms with E-state index in [1.54, 1.807) is 14.2 Å².